The first-order valence-corrected chi connectivity index (χ1v) is 13.4. The third-order valence-electron chi connectivity index (χ3n) is 7.03. The van der Waals surface area contributed by atoms with Crippen LogP contribution in [0, 0.1) is 6.92 Å². The Hall–Kier alpha value is -3.32. The average molecular weight is 502 g/mol. The third kappa shape index (κ3) is 4.60. The largest absolute Gasteiger partial charge is 0.463 e. The number of nitrogens with one attached hydrogen (secondary N) is 1. The van der Waals surface area contributed by atoms with E-state index in [0.717, 1.165) is 41.3 Å². The van der Waals surface area contributed by atoms with Gasteiger partial charge in [0.2, 0.25) is 5.91 Å². The number of esters is 1. The summed E-state index contributed by atoms with van der Waals surface area (Å²) in [4.78, 5) is 33.2. The van der Waals surface area contributed by atoms with Gasteiger partial charge in [0.25, 0.3) is 0 Å². The zero-order valence-electron chi connectivity index (χ0n) is 20.9. The van der Waals surface area contributed by atoms with Crippen LogP contribution < -0.4 is 5.32 Å². The lowest BCUT2D eigenvalue weighted by Gasteiger charge is -2.37. The van der Waals surface area contributed by atoms with Crippen molar-refractivity contribution in [1.82, 2.24) is 10.2 Å². The summed E-state index contributed by atoms with van der Waals surface area (Å²) in [5.41, 5.74) is 6.61. The first-order valence-electron chi connectivity index (χ1n) is 12.5. The minimum Gasteiger partial charge on any atom is -0.463 e. The molecular weight excluding hydrogens is 470 g/mol. The van der Waals surface area contributed by atoms with Gasteiger partial charge in [-0.2, -0.15) is 0 Å². The molecule has 2 heterocycles. The number of nitrogens with zero attached hydrogens (tertiary/aromatic N) is 2. The highest BCUT2D eigenvalue weighted by molar-refractivity contribution is 8.16. The number of amides is 1. The molecule has 0 saturated heterocycles. The van der Waals surface area contributed by atoms with Crippen molar-refractivity contribution >= 4 is 28.8 Å². The van der Waals surface area contributed by atoms with E-state index < -0.39 is 6.04 Å². The van der Waals surface area contributed by atoms with E-state index in [9.17, 15) is 9.59 Å². The number of carbonyl (C=O) groups excluding carboxylic acids is 2. The van der Waals surface area contributed by atoms with Crippen LogP contribution in [0.2, 0.25) is 0 Å². The number of thioether (sulfide) groups is 1. The number of carbonyl (C=O) groups is 2. The number of fused-ring (bicyclic) bond motifs is 2. The fourth-order valence-corrected chi connectivity index (χ4v) is 6.31. The van der Waals surface area contributed by atoms with Crippen molar-refractivity contribution < 1.29 is 14.3 Å². The van der Waals surface area contributed by atoms with Crippen LogP contribution in [0.4, 0.5) is 0 Å². The molecule has 5 rings (SSSR count). The number of allylic oxidation sites excluding steroid dienone is 1. The van der Waals surface area contributed by atoms with Gasteiger partial charge in [0.1, 0.15) is 0 Å². The lowest BCUT2D eigenvalue weighted by Crippen LogP contribution is -2.39. The van der Waals surface area contributed by atoms with Gasteiger partial charge in [0, 0.05) is 5.70 Å². The minimum atomic E-state index is -0.401. The topological polar surface area (TPSA) is 71.0 Å². The first kappa shape index (κ1) is 24.4. The van der Waals surface area contributed by atoms with E-state index in [0.29, 0.717) is 11.3 Å². The van der Waals surface area contributed by atoms with Gasteiger partial charge in [-0.05, 0) is 67.7 Å². The number of hydrogen-bond acceptors (Lipinski definition) is 6. The van der Waals surface area contributed by atoms with Crippen LogP contribution >= 0.6 is 11.8 Å². The van der Waals surface area contributed by atoms with Crippen molar-refractivity contribution in [3.63, 3.8) is 0 Å². The van der Waals surface area contributed by atoms with Gasteiger partial charge >= 0.3 is 5.97 Å². The van der Waals surface area contributed by atoms with Crippen molar-refractivity contribution in [2.75, 3.05) is 6.61 Å². The van der Waals surface area contributed by atoms with Crippen LogP contribution in [0.15, 0.2) is 75.9 Å². The number of aliphatic imine (C=N–C) groups is 1. The molecule has 2 aliphatic heterocycles. The fraction of sp³-hybridized carbons (Fsp3) is 0.345. The van der Waals surface area contributed by atoms with Gasteiger partial charge in [0.15, 0.2) is 5.17 Å². The number of rotatable bonds is 6. The second-order valence-corrected chi connectivity index (χ2v) is 10.2. The number of aryl methyl sites for hydroxylation is 2. The molecule has 186 valence electrons. The van der Waals surface area contributed by atoms with E-state index in [1.807, 2.05) is 54.5 Å². The molecule has 36 heavy (non-hydrogen) atoms. The monoisotopic (exact) mass is 501 g/mol. The van der Waals surface area contributed by atoms with Crippen molar-refractivity contribution in [3.8, 4) is 0 Å². The van der Waals surface area contributed by atoms with Crippen molar-refractivity contribution in [2.24, 2.45) is 4.99 Å². The maximum Gasteiger partial charge on any atom is 0.338 e. The Bertz CT molecular complexity index is 1300. The summed E-state index contributed by atoms with van der Waals surface area (Å²) in [6, 6.07) is 16.0. The minimum absolute atomic E-state index is 0.0241. The molecule has 1 aliphatic carbocycles. The molecule has 1 amide bonds. The Morgan fingerprint density at radius 1 is 1.11 bits per heavy atom. The second-order valence-electron chi connectivity index (χ2n) is 9.36. The molecule has 0 bridgehead atoms. The van der Waals surface area contributed by atoms with Crippen LogP contribution in [-0.4, -0.2) is 28.6 Å². The van der Waals surface area contributed by atoms with E-state index in [-0.39, 0.29) is 30.9 Å². The molecule has 2 atom stereocenters. The van der Waals surface area contributed by atoms with Crippen LogP contribution in [0.25, 0.3) is 0 Å². The fourth-order valence-electron chi connectivity index (χ4n) is 5.34. The summed E-state index contributed by atoms with van der Waals surface area (Å²) in [5, 5.41) is 6.03. The van der Waals surface area contributed by atoms with Gasteiger partial charge in [-0.3, -0.25) is 4.79 Å². The van der Waals surface area contributed by atoms with Crippen LogP contribution in [0.1, 0.15) is 67.4 Å². The molecule has 7 heteroatoms. The van der Waals surface area contributed by atoms with Crippen molar-refractivity contribution in [3.05, 3.63) is 93.2 Å². The van der Waals surface area contributed by atoms with Crippen LogP contribution in [0.3, 0.4) is 0 Å². The molecule has 6 nitrogen and oxygen atoms in total. The van der Waals surface area contributed by atoms with Gasteiger partial charge in [0.05, 0.1) is 36.4 Å². The highest BCUT2D eigenvalue weighted by Crippen LogP contribution is 2.45. The number of ether oxygens (including phenoxy) is 1. The van der Waals surface area contributed by atoms with Crippen LogP contribution in [0.5, 0.6) is 0 Å². The molecule has 0 spiro atoms. The molecule has 2 aromatic carbocycles. The molecule has 0 radical (unpaired) electrons. The lowest BCUT2D eigenvalue weighted by molar-refractivity contribution is -0.139. The van der Waals surface area contributed by atoms with Gasteiger partial charge < -0.3 is 15.0 Å². The quantitative estimate of drug-likeness (QED) is 0.513. The summed E-state index contributed by atoms with van der Waals surface area (Å²) in [6.07, 6.45) is 3.26. The van der Waals surface area contributed by atoms with Gasteiger partial charge in [-0.15, -0.1) is 0 Å². The smallest absolute Gasteiger partial charge is 0.338 e. The summed E-state index contributed by atoms with van der Waals surface area (Å²) in [5.74, 6) is -0.400. The molecule has 0 unspecified atom stereocenters. The molecule has 0 fully saturated rings. The van der Waals surface area contributed by atoms with Crippen molar-refractivity contribution in [1.29, 1.82) is 0 Å². The summed E-state index contributed by atoms with van der Waals surface area (Å²) in [6.45, 7) is 5.99. The molecule has 3 aliphatic rings. The molecular formula is C29H31N3O3S. The van der Waals surface area contributed by atoms with Gasteiger partial charge in [-0.25, -0.2) is 9.79 Å². The standard InChI is InChI=1S/C29H31N3O3S/c1-4-35-28(34)26-19(3)30-29-32(27(26)22-13-7-5-10-18(22)2)21(17-36-29)16-25(33)31-24-15-9-12-20-11-6-8-14-23(20)24/h5-8,10-11,13-14,17,24,27H,4,9,12,15-16H2,1-3H3,(H,31,33)/t24-,27-/m0/s1. The Balaban J connectivity index is 1.43. The molecule has 2 aromatic rings. The zero-order valence-corrected chi connectivity index (χ0v) is 21.7. The lowest BCUT2D eigenvalue weighted by atomic mass is 9.87. The molecule has 0 saturated carbocycles. The SMILES string of the molecule is CCOC(=O)C1=C(C)N=C2SC=C(CC(=O)N[C@H]3CCCc4ccccc43)N2[C@H]1c1ccccc1C. The maximum absolute atomic E-state index is 13.3. The second kappa shape index (κ2) is 10.3. The highest BCUT2D eigenvalue weighted by atomic mass is 32.2. The third-order valence-corrected chi connectivity index (χ3v) is 7.91. The Morgan fingerprint density at radius 3 is 2.64 bits per heavy atom. The maximum atomic E-state index is 13.3. The zero-order chi connectivity index (χ0) is 25.2. The highest BCUT2D eigenvalue weighted by Gasteiger charge is 2.41. The summed E-state index contributed by atoms with van der Waals surface area (Å²) >= 11 is 1.49. The normalized spacial score (nSPS) is 20.8. The van der Waals surface area contributed by atoms with E-state index in [4.69, 9.17) is 9.73 Å². The number of hydrogen-bond donors (Lipinski definition) is 1. The average Bonchev–Trinajstić information content (AvgIpc) is 3.25. The van der Waals surface area contributed by atoms with E-state index in [1.54, 1.807) is 6.92 Å². The van der Waals surface area contributed by atoms with E-state index in [2.05, 4.69) is 23.5 Å². The van der Waals surface area contributed by atoms with E-state index >= 15 is 0 Å². The molecule has 0 aromatic heterocycles. The predicted octanol–water partition coefficient (Wildman–Crippen LogP) is 5.72. The van der Waals surface area contributed by atoms with Crippen molar-refractivity contribution in [2.45, 2.75) is 58.5 Å². The van der Waals surface area contributed by atoms with Gasteiger partial charge in [-0.1, -0.05) is 60.3 Å². The summed E-state index contributed by atoms with van der Waals surface area (Å²) in [7, 11) is 0. The Morgan fingerprint density at radius 2 is 1.86 bits per heavy atom. The number of amidine groups is 1. The molecule has 1 N–H and O–H groups in total. The predicted molar refractivity (Wildman–Crippen MR) is 143 cm³/mol. The summed E-state index contributed by atoms with van der Waals surface area (Å²) < 4.78 is 5.44. The Kier molecular flexibility index (Phi) is 7.01. The van der Waals surface area contributed by atoms with E-state index in [1.165, 1.54) is 22.9 Å². The number of benzene rings is 2. The van der Waals surface area contributed by atoms with Crippen LogP contribution in [-0.2, 0) is 20.7 Å². The first-order chi connectivity index (χ1) is 17.5. The Labute approximate surface area is 216 Å².